The zero-order valence-corrected chi connectivity index (χ0v) is 13.0. The van der Waals surface area contributed by atoms with Crippen molar-refractivity contribution in [2.24, 2.45) is 0 Å². The first-order chi connectivity index (χ1) is 11.5. The van der Waals surface area contributed by atoms with Gasteiger partial charge in [-0.2, -0.15) is 5.26 Å². The largest absolute Gasteiger partial charge is 0.449 e. The smallest absolute Gasteiger partial charge is 0.338 e. The topological polar surface area (TPSA) is 99.4 Å². The number of rotatable bonds is 5. The van der Waals surface area contributed by atoms with Crippen LogP contribution in [0.4, 0.5) is 5.69 Å². The molecular weight excluding hydrogens is 308 g/mol. The molecule has 6 nitrogen and oxygen atoms in total. The number of benzene rings is 2. The molecular formula is C18H16N2O4. The van der Waals surface area contributed by atoms with E-state index in [1.165, 1.54) is 19.1 Å². The zero-order valence-electron chi connectivity index (χ0n) is 13.0. The number of carbonyl (C=O) groups is 2. The standard InChI is InChI=1S/C18H16N2O4/c1-12(17(22)20-16-8-4-13(10-19)5-9-16)24-18(23)15-6-2-14(11-21)3-7-15/h2-9,12,21H,11H2,1H3,(H,20,22). The molecule has 24 heavy (non-hydrogen) atoms. The van der Waals surface area contributed by atoms with E-state index in [4.69, 9.17) is 15.1 Å². The van der Waals surface area contributed by atoms with Crippen LogP contribution < -0.4 is 5.32 Å². The van der Waals surface area contributed by atoms with Crippen molar-refractivity contribution in [1.29, 1.82) is 5.26 Å². The highest BCUT2D eigenvalue weighted by atomic mass is 16.5. The van der Waals surface area contributed by atoms with Crippen molar-refractivity contribution in [3.05, 3.63) is 65.2 Å². The second kappa shape index (κ2) is 7.90. The van der Waals surface area contributed by atoms with Gasteiger partial charge in [0.15, 0.2) is 6.10 Å². The Morgan fingerprint density at radius 1 is 1.17 bits per heavy atom. The highest BCUT2D eigenvalue weighted by Crippen LogP contribution is 2.11. The number of ether oxygens (including phenoxy) is 1. The van der Waals surface area contributed by atoms with Gasteiger partial charge in [0, 0.05) is 5.69 Å². The lowest BCUT2D eigenvalue weighted by molar-refractivity contribution is -0.123. The van der Waals surface area contributed by atoms with Gasteiger partial charge >= 0.3 is 5.97 Å². The van der Waals surface area contributed by atoms with Crippen molar-refractivity contribution in [3.8, 4) is 6.07 Å². The summed E-state index contributed by atoms with van der Waals surface area (Å²) in [4.78, 5) is 24.0. The SMILES string of the molecule is CC(OC(=O)c1ccc(CO)cc1)C(=O)Nc1ccc(C#N)cc1. The molecule has 1 unspecified atom stereocenters. The van der Waals surface area contributed by atoms with Gasteiger partial charge in [-0.15, -0.1) is 0 Å². The van der Waals surface area contributed by atoms with Crippen LogP contribution >= 0.6 is 0 Å². The van der Waals surface area contributed by atoms with Crippen LogP contribution in [-0.4, -0.2) is 23.1 Å². The van der Waals surface area contributed by atoms with E-state index in [1.54, 1.807) is 36.4 Å². The summed E-state index contributed by atoms with van der Waals surface area (Å²) in [7, 11) is 0. The number of aliphatic hydroxyl groups excluding tert-OH is 1. The minimum atomic E-state index is -0.981. The molecule has 0 aliphatic carbocycles. The van der Waals surface area contributed by atoms with E-state index in [1.807, 2.05) is 6.07 Å². The molecule has 0 aromatic heterocycles. The number of nitrogens with zero attached hydrogens (tertiary/aromatic N) is 1. The Hall–Kier alpha value is -3.17. The number of anilines is 1. The molecule has 2 rings (SSSR count). The number of nitriles is 1. The number of nitrogens with one attached hydrogen (secondary N) is 1. The molecule has 2 aromatic carbocycles. The Kier molecular flexibility index (Phi) is 5.66. The van der Waals surface area contributed by atoms with Crippen molar-refractivity contribution in [2.45, 2.75) is 19.6 Å². The molecule has 0 aliphatic heterocycles. The average molecular weight is 324 g/mol. The molecule has 0 radical (unpaired) electrons. The first kappa shape index (κ1) is 17.2. The van der Waals surface area contributed by atoms with Crippen LogP contribution in [0.3, 0.4) is 0 Å². The lowest BCUT2D eigenvalue weighted by Crippen LogP contribution is -2.30. The second-order valence-electron chi connectivity index (χ2n) is 5.08. The van der Waals surface area contributed by atoms with Gasteiger partial charge in [-0.25, -0.2) is 4.79 Å². The Balaban J connectivity index is 1.94. The molecule has 0 fully saturated rings. The zero-order chi connectivity index (χ0) is 17.5. The van der Waals surface area contributed by atoms with Crippen LogP contribution in [0.25, 0.3) is 0 Å². The number of esters is 1. The van der Waals surface area contributed by atoms with Gasteiger partial charge in [0.1, 0.15) is 0 Å². The van der Waals surface area contributed by atoms with Crippen molar-refractivity contribution in [3.63, 3.8) is 0 Å². The predicted octanol–water partition coefficient (Wildman–Crippen LogP) is 2.23. The highest BCUT2D eigenvalue weighted by molar-refractivity contribution is 5.97. The number of carbonyl (C=O) groups excluding carboxylic acids is 2. The molecule has 0 saturated carbocycles. The van der Waals surface area contributed by atoms with E-state index in [9.17, 15) is 9.59 Å². The molecule has 1 amide bonds. The van der Waals surface area contributed by atoms with Crippen molar-refractivity contribution < 1.29 is 19.4 Å². The van der Waals surface area contributed by atoms with E-state index in [0.717, 1.165) is 0 Å². The summed E-state index contributed by atoms with van der Waals surface area (Å²) < 4.78 is 5.12. The van der Waals surface area contributed by atoms with E-state index < -0.39 is 18.0 Å². The molecule has 0 saturated heterocycles. The Labute approximate surface area is 139 Å². The van der Waals surface area contributed by atoms with Gasteiger partial charge in [-0.1, -0.05) is 12.1 Å². The van der Waals surface area contributed by atoms with Crippen molar-refractivity contribution in [1.82, 2.24) is 0 Å². The van der Waals surface area contributed by atoms with Gasteiger partial charge in [0.05, 0.1) is 23.8 Å². The minimum absolute atomic E-state index is 0.112. The summed E-state index contributed by atoms with van der Waals surface area (Å²) in [5.41, 5.74) is 1.97. The van der Waals surface area contributed by atoms with Gasteiger partial charge in [0.2, 0.25) is 0 Å². The Bertz CT molecular complexity index is 761. The summed E-state index contributed by atoms with van der Waals surface area (Å²) in [6, 6.07) is 14.6. The number of hydrogen-bond acceptors (Lipinski definition) is 5. The number of hydrogen-bond donors (Lipinski definition) is 2. The lowest BCUT2D eigenvalue weighted by atomic mass is 10.1. The molecule has 0 aliphatic rings. The van der Waals surface area contributed by atoms with Crippen LogP contribution in [0.1, 0.15) is 28.4 Å². The van der Waals surface area contributed by atoms with Crippen LogP contribution in [0.15, 0.2) is 48.5 Å². The monoisotopic (exact) mass is 324 g/mol. The number of aliphatic hydroxyl groups is 1. The van der Waals surface area contributed by atoms with E-state index in [-0.39, 0.29) is 6.61 Å². The highest BCUT2D eigenvalue weighted by Gasteiger charge is 2.19. The maximum absolute atomic E-state index is 12.0. The maximum atomic E-state index is 12.0. The summed E-state index contributed by atoms with van der Waals surface area (Å²) >= 11 is 0. The van der Waals surface area contributed by atoms with E-state index in [0.29, 0.717) is 22.4 Å². The fraction of sp³-hybridized carbons (Fsp3) is 0.167. The predicted molar refractivity (Wildman–Crippen MR) is 87.0 cm³/mol. The van der Waals surface area contributed by atoms with Crippen LogP contribution in [0.5, 0.6) is 0 Å². The summed E-state index contributed by atoms with van der Waals surface area (Å²) in [5.74, 6) is -1.10. The first-order valence-electron chi connectivity index (χ1n) is 7.25. The molecule has 0 spiro atoms. The van der Waals surface area contributed by atoms with Gasteiger partial charge in [-0.3, -0.25) is 4.79 Å². The van der Waals surface area contributed by atoms with Gasteiger partial charge in [0.25, 0.3) is 5.91 Å². The second-order valence-corrected chi connectivity index (χ2v) is 5.08. The summed E-state index contributed by atoms with van der Waals surface area (Å²) in [5, 5.41) is 20.3. The first-order valence-corrected chi connectivity index (χ1v) is 7.25. The maximum Gasteiger partial charge on any atom is 0.338 e. The Morgan fingerprint density at radius 2 is 1.79 bits per heavy atom. The van der Waals surface area contributed by atoms with Gasteiger partial charge < -0.3 is 15.2 Å². The normalized spacial score (nSPS) is 11.2. The molecule has 2 N–H and O–H groups in total. The third-order valence-electron chi connectivity index (χ3n) is 3.31. The average Bonchev–Trinajstić information content (AvgIpc) is 2.62. The lowest BCUT2D eigenvalue weighted by Gasteiger charge is -2.13. The van der Waals surface area contributed by atoms with Crippen LogP contribution in [0, 0.1) is 11.3 Å². The van der Waals surface area contributed by atoms with Gasteiger partial charge in [-0.05, 0) is 48.9 Å². The number of amides is 1. The third-order valence-corrected chi connectivity index (χ3v) is 3.31. The third kappa shape index (κ3) is 4.41. The van der Waals surface area contributed by atoms with Crippen LogP contribution in [0.2, 0.25) is 0 Å². The summed E-state index contributed by atoms with van der Waals surface area (Å²) in [6.45, 7) is 1.36. The quantitative estimate of drug-likeness (QED) is 0.822. The molecule has 2 aromatic rings. The molecule has 0 heterocycles. The van der Waals surface area contributed by atoms with Crippen molar-refractivity contribution in [2.75, 3.05) is 5.32 Å². The molecule has 6 heteroatoms. The fourth-order valence-corrected chi connectivity index (χ4v) is 1.90. The summed E-state index contributed by atoms with van der Waals surface area (Å²) in [6.07, 6.45) is -0.981. The van der Waals surface area contributed by atoms with Crippen molar-refractivity contribution >= 4 is 17.6 Å². The molecule has 1 atom stereocenters. The van der Waals surface area contributed by atoms with E-state index >= 15 is 0 Å². The fourth-order valence-electron chi connectivity index (χ4n) is 1.90. The Morgan fingerprint density at radius 3 is 2.33 bits per heavy atom. The van der Waals surface area contributed by atoms with E-state index in [2.05, 4.69) is 5.32 Å². The molecule has 122 valence electrons. The minimum Gasteiger partial charge on any atom is -0.449 e. The molecule has 0 bridgehead atoms. The van der Waals surface area contributed by atoms with Crippen LogP contribution in [-0.2, 0) is 16.1 Å².